The lowest BCUT2D eigenvalue weighted by Gasteiger charge is -2.21. The Labute approximate surface area is 805 Å². The van der Waals surface area contributed by atoms with Crippen LogP contribution in [0.25, 0.3) is 27.8 Å². The molecule has 0 saturated heterocycles. The third-order valence-corrected chi connectivity index (χ3v) is 23.9. The Hall–Kier alpha value is -14.4. The number of esters is 1. The smallest absolute Gasteiger partial charge is 0.344 e. The maximum atomic E-state index is 12.2. The monoisotopic (exact) mass is 1890 g/mol. The maximum Gasteiger partial charge on any atom is 0.344 e. The Morgan fingerprint density at radius 3 is 0.949 bits per heavy atom. The lowest BCUT2D eigenvalue weighted by atomic mass is 9.85. The van der Waals surface area contributed by atoms with Gasteiger partial charge in [-0.15, -0.1) is 0 Å². The summed E-state index contributed by atoms with van der Waals surface area (Å²) in [6.07, 6.45) is 17.0. The number of nitro groups is 5. The van der Waals surface area contributed by atoms with Crippen LogP contribution in [0.15, 0.2) is 217 Å². The summed E-state index contributed by atoms with van der Waals surface area (Å²) < 4.78 is 67.0. The number of rotatable bonds is 43. The van der Waals surface area contributed by atoms with E-state index in [-0.39, 0.29) is 58.1 Å². The molecule has 3 aliphatic rings. The highest BCUT2D eigenvalue weighted by Crippen LogP contribution is 2.49. The Morgan fingerprint density at radius 1 is 0.341 bits per heavy atom. The van der Waals surface area contributed by atoms with E-state index in [1.54, 1.807) is 57.4 Å². The minimum absolute atomic E-state index is 0.0801. The van der Waals surface area contributed by atoms with Crippen molar-refractivity contribution in [1.29, 1.82) is 0 Å². The molecular formula is C107H124N8O23. The predicted octanol–water partition coefficient (Wildman–Crippen LogP) is 23.1. The predicted molar refractivity (Wildman–Crippen MR) is 532 cm³/mol. The van der Waals surface area contributed by atoms with Gasteiger partial charge in [0.25, 0.3) is 17.1 Å². The van der Waals surface area contributed by atoms with Crippen molar-refractivity contribution in [3.63, 3.8) is 0 Å². The van der Waals surface area contributed by atoms with E-state index < -0.39 is 74.0 Å². The van der Waals surface area contributed by atoms with Crippen LogP contribution < -0.4 is 52.1 Å². The van der Waals surface area contributed by atoms with Gasteiger partial charge in [0.1, 0.15) is 84.4 Å². The Morgan fingerprint density at radius 2 is 0.652 bits per heavy atom. The Kier molecular flexibility index (Phi) is 39.2. The van der Waals surface area contributed by atoms with Crippen LogP contribution in [0.3, 0.4) is 0 Å². The van der Waals surface area contributed by atoms with Crippen LogP contribution in [0.5, 0.6) is 63.2 Å². The Bertz CT molecular complexity index is 5840. The highest BCUT2D eigenvalue weighted by molar-refractivity contribution is 5.85. The number of allylic oxidation sites excluding steroid dienone is 3. The van der Waals surface area contributed by atoms with Gasteiger partial charge in [0.2, 0.25) is 11.5 Å². The van der Waals surface area contributed by atoms with Gasteiger partial charge in [0.05, 0.1) is 77.9 Å². The second-order valence-corrected chi connectivity index (χ2v) is 34.3. The van der Waals surface area contributed by atoms with Crippen LogP contribution >= 0.6 is 0 Å². The molecule has 31 heteroatoms. The van der Waals surface area contributed by atoms with Crippen LogP contribution in [0.2, 0.25) is 0 Å². The number of carbonyl (C=O) groups is 1. The molecule has 10 aromatic rings. The van der Waals surface area contributed by atoms with Gasteiger partial charge in [-0.25, -0.2) is 4.79 Å². The molecule has 0 N–H and O–H groups in total. The van der Waals surface area contributed by atoms with Crippen molar-refractivity contribution in [2.75, 3.05) is 129 Å². The fraction of sp³-hybridized carbons (Fsp3) is 0.374. The molecule has 3 saturated carbocycles. The van der Waals surface area contributed by atoms with Crippen molar-refractivity contribution < 1.29 is 86.3 Å². The summed E-state index contributed by atoms with van der Waals surface area (Å²) in [5.74, 6) is 2.84. The van der Waals surface area contributed by atoms with Crippen molar-refractivity contribution in [3.05, 3.63) is 318 Å². The normalized spacial score (nSPS) is 13.1. The molecule has 0 bridgehead atoms. The van der Waals surface area contributed by atoms with Crippen molar-refractivity contribution in [1.82, 2.24) is 14.7 Å². The first-order valence-corrected chi connectivity index (χ1v) is 46.6. The van der Waals surface area contributed by atoms with E-state index >= 15 is 0 Å². The number of methoxy groups -OCH3 is 3. The van der Waals surface area contributed by atoms with Crippen molar-refractivity contribution in [3.8, 4) is 74.4 Å². The molecule has 0 spiro atoms. The molecule has 0 radical (unpaired) electrons. The quantitative estimate of drug-likeness (QED) is 0.0195. The zero-order chi connectivity index (χ0) is 98.7. The summed E-state index contributed by atoms with van der Waals surface area (Å²) in [4.78, 5) is 74.9. The van der Waals surface area contributed by atoms with Gasteiger partial charge in [-0.2, -0.15) is 0 Å². The molecule has 0 heterocycles. The standard InChI is InChI=1S/C39H44N2O5.C35H41N3O10.C33H39N3O8/c1-28(37-26-33(16-23-38(37)41(42)43)29-10-17-34(44-4)18-11-29)27-46-36-21-14-32(15-22-36)39(30-8-6-5-7-9-30)31-12-19-35(20-13-31)45-25-24-40(2)3;1-5-45-32(39)23-48-35-31(44-4)21-30(37(40)41)29(34(35)38(42)43)22-47-28-17-13-26(14-18-28)33(24-9-7-6-8-10-24)25-11-15-27(16-12-25)46-20-19-36(2)3;1-5-42-33-30(41-4)21-29(35(37)38)28(32(33)36(39)40)22-44-27-17-13-25(14-18-27)31(23-9-7-6-8-10-23)24-11-15-26(16-12-24)43-20-19-34(2)3/h10-23,26,28H,5-9,24-25,27H2,1-4H3;11-18,21H,5-10,19-20,22-23H2,1-4H3;11-18,21H,5-10,19-20,22H2,1-4H3. The zero-order valence-corrected chi connectivity index (χ0v) is 80.7. The Balaban J connectivity index is 0.000000199. The van der Waals surface area contributed by atoms with Crippen molar-refractivity contribution >= 4 is 51.1 Å². The van der Waals surface area contributed by atoms with E-state index in [4.69, 9.17) is 56.8 Å². The van der Waals surface area contributed by atoms with Crippen molar-refractivity contribution in [2.24, 2.45) is 0 Å². The van der Waals surface area contributed by atoms with Crippen LogP contribution in [0.1, 0.15) is 173 Å². The number of nitrogens with zero attached hydrogens (tertiary/aromatic N) is 8. The molecular weight excluding hydrogens is 1770 g/mol. The molecule has 138 heavy (non-hydrogen) atoms. The van der Waals surface area contributed by atoms with E-state index in [2.05, 4.69) is 75.4 Å². The molecule has 10 aromatic carbocycles. The molecule has 1 unspecified atom stereocenters. The first-order chi connectivity index (χ1) is 66.7. The van der Waals surface area contributed by atoms with Gasteiger partial charge < -0.3 is 71.5 Å². The molecule has 13 rings (SSSR count). The molecule has 0 aromatic heterocycles. The van der Waals surface area contributed by atoms with Gasteiger partial charge in [-0.05, 0) is 291 Å². The van der Waals surface area contributed by atoms with Gasteiger partial charge in [-0.1, -0.05) is 128 Å². The summed E-state index contributed by atoms with van der Waals surface area (Å²) >= 11 is 0. The minimum atomic E-state index is -0.820. The van der Waals surface area contributed by atoms with Gasteiger partial charge in [0.15, 0.2) is 18.1 Å². The number of benzene rings is 10. The molecule has 0 amide bonds. The van der Waals surface area contributed by atoms with Gasteiger partial charge in [0, 0.05) is 37.2 Å². The SMILES string of the molecule is CCOC(=O)COc1c(OC)cc([N+](=O)[O-])c(COc2ccc(C(=C3CCCCC3)c3ccc(OCCN(C)C)cc3)cc2)c1[N+](=O)[O-].CCOc1c(OC)cc([N+](=O)[O-])c(COc2ccc(C(=C3CCCCC3)c3ccc(OCCN(C)C)cc3)cc2)c1[N+](=O)[O-].COc1ccc(-c2ccc([N+](=O)[O-])c(C(C)COc3ccc(C(=C4CCCCC4)c4ccc(OCCN(C)C)cc4)cc3)c2)cc1. The average Bonchev–Trinajstić information content (AvgIpc) is 0.777. The average molecular weight is 1890 g/mol. The second-order valence-electron chi connectivity index (χ2n) is 34.3. The lowest BCUT2D eigenvalue weighted by Crippen LogP contribution is -2.19. The molecule has 730 valence electrons. The number of ether oxygens (including phenoxy) is 12. The molecule has 1 atom stereocenters. The summed E-state index contributed by atoms with van der Waals surface area (Å²) in [5.41, 5.74) is 14.2. The molecule has 3 fully saturated rings. The first kappa shape index (κ1) is 104. The lowest BCUT2D eigenvalue weighted by molar-refractivity contribution is -0.396. The van der Waals surface area contributed by atoms with E-state index in [9.17, 15) is 55.4 Å². The van der Waals surface area contributed by atoms with E-state index in [1.807, 2.05) is 140 Å². The largest absolute Gasteiger partial charge is 0.497 e. The number of hydrogen-bond acceptors (Lipinski definition) is 26. The number of hydrogen-bond donors (Lipinski definition) is 0. The van der Waals surface area contributed by atoms with Crippen LogP contribution in [0, 0.1) is 50.6 Å². The zero-order valence-electron chi connectivity index (χ0n) is 80.7. The third-order valence-electron chi connectivity index (χ3n) is 23.9. The second kappa shape index (κ2) is 52.0. The number of nitro benzene ring substituents is 5. The van der Waals surface area contributed by atoms with E-state index in [0.29, 0.717) is 43.5 Å². The fourth-order valence-corrected chi connectivity index (χ4v) is 16.8. The van der Waals surface area contributed by atoms with Gasteiger partial charge >= 0.3 is 17.3 Å². The first-order valence-electron chi connectivity index (χ1n) is 46.6. The summed E-state index contributed by atoms with van der Waals surface area (Å²) in [7, 11) is 16.2. The van der Waals surface area contributed by atoms with Crippen LogP contribution in [0.4, 0.5) is 28.4 Å². The van der Waals surface area contributed by atoms with E-state index in [0.717, 1.165) is 164 Å². The molecule has 31 nitrogen and oxygen atoms in total. The topological polar surface area (TPSA) is 353 Å². The fourth-order valence-electron chi connectivity index (χ4n) is 16.8. The maximum absolute atomic E-state index is 12.2. The van der Waals surface area contributed by atoms with Crippen LogP contribution in [-0.2, 0) is 22.7 Å². The highest BCUT2D eigenvalue weighted by atomic mass is 16.7. The summed E-state index contributed by atoms with van der Waals surface area (Å²) in [5, 5.41) is 60.0. The van der Waals surface area contributed by atoms with E-state index in [1.165, 1.54) is 85.3 Å². The number of likely N-dealkylation sites (N-methyl/N-ethyl adjacent to an activating group) is 3. The highest BCUT2D eigenvalue weighted by Gasteiger charge is 2.38. The summed E-state index contributed by atoms with van der Waals surface area (Å²) in [6.45, 7) is 8.53. The number of carbonyl (C=O) groups excluding carboxylic acids is 1. The van der Waals surface area contributed by atoms with Gasteiger partial charge in [-0.3, -0.25) is 50.6 Å². The third kappa shape index (κ3) is 29.1. The molecule has 3 aliphatic carbocycles. The summed E-state index contributed by atoms with van der Waals surface area (Å²) in [6, 6.07) is 62.9. The van der Waals surface area contributed by atoms with Crippen LogP contribution in [-0.4, -0.2) is 175 Å². The molecule has 0 aliphatic heterocycles. The minimum Gasteiger partial charge on any atom is -0.497 e. The van der Waals surface area contributed by atoms with Crippen molar-refractivity contribution in [2.45, 2.75) is 136 Å².